The van der Waals surface area contributed by atoms with Gasteiger partial charge in [-0.15, -0.1) is 0 Å². The summed E-state index contributed by atoms with van der Waals surface area (Å²) < 4.78 is 95.2. The first-order valence-corrected chi connectivity index (χ1v) is 41.1. The van der Waals surface area contributed by atoms with Gasteiger partial charge in [-0.25, -0.2) is 47.1 Å². The van der Waals surface area contributed by atoms with E-state index in [2.05, 4.69) is 150 Å². The normalized spacial score (nSPS) is 13.6. The fraction of sp³-hybridized carbons (Fsp3) is 0.452. The first kappa shape index (κ1) is 92.1. The van der Waals surface area contributed by atoms with E-state index in [1.807, 2.05) is 4.90 Å². The van der Waals surface area contributed by atoms with Crippen molar-refractivity contribution >= 4 is 93.7 Å². The molecule has 32 heteroatoms. The number of aliphatic hydroxyl groups excluding tert-OH is 2. The number of Topliss-reactive ketones (excluding diaryl/α,β-unsaturated/α-hetero) is 1. The van der Waals surface area contributed by atoms with Crippen molar-refractivity contribution in [1.82, 2.24) is 25.3 Å². The highest BCUT2D eigenvalue weighted by Gasteiger charge is 2.41. The molecule has 1 amide bonds. The number of carbonyl (C=O) groups is 4. The lowest BCUT2D eigenvalue weighted by molar-refractivity contribution is -0.149. The Labute approximate surface area is 638 Å². The minimum atomic E-state index is -1.85. The predicted octanol–water partition coefficient (Wildman–Crippen LogP) is 16.3. The molecule has 7 N–H and O–H groups in total. The number of nitrogens with one attached hydrogen (secondary N) is 1. The number of halogens is 7. The van der Waals surface area contributed by atoms with Crippen LogP contribution in [0.3, 0.4) is 0 Å². The average molecular weight is 1700 g/mol. The fourth-order valence-electron chi connectivity index (χ4n) is 8.02. The third-order valence-electron chi connectivity index (χ3n) is 16.1. The first-order valence-electron chi connectivity index (χ1n) is 32.9. The number of ether oxygens (including phenoxy) is 2. The number of oxazole rings is 4. The molecular weight excluding hydrogens is 1600 g/mol. The lowest BCUT2D eigenvalue weighted by Gasteiger charge is -2.37. The summed E-state index contributed by atoms with van der Waals surface area (Å²) in [4.78, 5) is 61.6. The first-order chi connectivity index (χ1) is 48.3. The molecule has 5 heterocycles. The summed E-state index contributed by atoms with van der Waals surface area (Å²) in [5.41, 5.74) is 8.58. The molecule has 1 saturated heterocycles. The van der Waals surface area contributed by atoms with E-state index in [1.54, 1.807) is 97.0 Å². The average Bonchev–Trinajstić information content (AvgIpc) is 1.81. The number of hydrogen-bond donors (Lipinski definition) is 6. The minimum Gasteiger partial charge on any atom is -0.467 e. The summed E-state index contributed by atoms with van der Waals surface area (Å²) >= 11 is 9.28. The Kier molecular flexibility index (Phi) is 35.3. The van der Waals surface area contributed by atoms with Crippen LogP contribution in [0.5, 0.6) is 0 Å². The molecular formula is C73H98Br3F4N7O16Si2. The van der Waals surface area contributed by atoms with E-state index >= 15 is 0 Å². The molecule has 0 aliphatic carbocycles. The van der Waals surface area contributed by atoms with Gasteiger partial charge in [-0.3, -0.25) is 9.59 Å². The molecule has 4 aromatic heterocycles. The number of rotatable bonds is 16. The van der Waals surface area contributed by atoms with Crippen molar-refractivity contribution in [2.24, 2.45) is 5.73 Å². The number of carbonyl (C=O) groups excluding carboxylic acids is 4. The van der Waals surface area contributed by atoms with Gasteiger partial charge in [0, 0.05) is 55.4 Å². The van der Waals surface area contributed by atoms with Gasteiger partial charge in [0.15, 0.2) is 16.6 Å². The quantitative estimate of drug-likeness (QED) is 0.0226. The zero-order valence-corrected chi connectivity index (χ0v) is 69.8. The number of aromatic nitrogens is 4. The van der Waals surface area contributed by atoms with E-state index in [4.69, 9.17) is 37.4 Å². The molecule has 4 aromatic carbocycles. The second-order valence-electron chi connectivity index (χ2n) is 28.0. The van der Waals surface area contributed by atoms with Crippen molar-refractivity contribution in [3.63, 3.8) is 0 Å². The van der Waals surface area contributed by atoms with Gasteiger partial charge in [0.05, 0.1) is 33.3 Å². The Hall–Kier alpha value is -7.09. The van der Waals surface area contributed by atoms with Crippen molar-refractivity contribution in [1.29, 1.82) is 0 Å². The van der Waals surface area contributed by atoms with E-state index < -0.39 is 58.2 Å². The topological polar surface area (TPSA) is 332 Å². The molecule has 1 aliphatic rings. The van der Waals surface area contributed by atoms with Gasteiger partial charge < -0.3 is 72.4 Å². The number of nitrogens with zero attached hydrogens (tertiary/aromatic N) is 5. The van der Waals surface area contributed by atoms with Gasteiger partial charge in [-0.05, 0) is 212 Å². The highest BCUT2D eigenvalue weighted by molar-refractivity contribution is 9.11. The van der Waals surface area contributed by atoms with Crippen molar-refractivity contribution in [3.05, 3.63) is 158 Å². The second kappa shape index (κ2) is 40.2. The van der Waals surface area contributed by atoms with Crippen LogP contribution in [-0.4, -0.2) is 139 Å². The van der Waals surface area contributed by atoms with Crippen molar-refractivity contribution in [3.8, 4) is 45.0 Å². The van der Waals surface area contributed by atoms with Gasteiger partial charge in [-0.1, -0.05) is 41.5 Å². The van der Waals surface area contributed by atoms with Crippen LogP contribution in [0.1, 0.15) is 138 Å². The van der Waals surface area contributed by atoms with Gasteiger partial charge in [0.2, 0.25) is 29.4 Å². The van der Waals surface area contributed by atoms with Crippen LogP contribution in [0.2, 0.25) is 36.3 Å². The minimum absolute atomic E-state index is 0.0513. The molecule has 105 heavy (non-hydrogen) atoms. The maximum absolute atomic E-state index is 14.1. The van der Waals surface area contributed by atoms with E-state index in [0.29, 0.717) is 47.4 Å². The van der Waals surface area contributed by atoms with Gasteiger partial charge in [0.25, 0.3) is 5.89 Å². The van der Waals surface area contributed by atoms with Crippen LogP contribution in [-0.2, 0) is 43.9 Å². The summed E-state index contributed by atoms with van der Waals surface area (Å²) in [6, 6.07) is 18.5. The zero-order chi connectivity index (χ0) is 80.1. The van der Waals surface area contributed by atoms with E-state index in [-0.39, 0.29) is 74.6 Å². The van der Waals surface area contributed by atoms with Crippen LogP contribution in [0.4, 0.5) is 23.2 Å². The van der Waals surface area contributed by atoms with Crippen molar-refractivity contribution in [2.45, 2.75) is 176 Å². The van der Waals surface area contributed by atoms with E-state index in [1.165, 1.54) is 77.4 Å². The molecule has 4 unspecified atom stereocenters. The number of hydrogen-bond acceptors (Lipinski definition) is 22. The molecule has 578 valence electrons. The zero-order valence-electron chi connectivity index (χ0n) is 63.0. The molecule has 0 bridgehead atoms. The molecule has 9 rings (SSSR count). The Balaban J connectivity index is 0.000000324. The highest BCUT2D eigenvalue weighted by Crippen LogP contribution is 2.39. The van der Waals surface area contributed by atoms with Crippen molar-refractivity contribution < 1.29 is 93.2 Å². The largest absolute Gasteiger partial charge is 0.467 e. The maximum atomic E-state index is 14.1. The SMILES string of the molecule is CC(=O)c1nc(-c2ccc(F)c(Br)c2)co1.CC(C)(O)c1nc(-c2ccc(F)c(Br)c2)co1.CC(C)(O)c1nc(-c2ccc(F)c(N3CCNCC3)c2)co1.CC(O)c1nc(-c2ccc(F)c(Br)c2)co1.CC(O[Si](C)(C)C(C)(C)C)C(N)=O.COC(=O)C(C)O.COC(=O)C(C)O[Si](C)(C)C(C)(C)C. The van der Waals surface area contributed by atoms with Crippen LogP contribution in [0, 0.1) is 23.3 Å². The monoisotopic (exact) mass is 1700 g/mol. The third-order valence-corrected chi connectivity index (χ3v) is 27.1. The Bertz CT molecular complexity index is 4120. The summed E-state index contributed by atoms with van der Waals surface area (Å²) in [5.74, 6) is -2.00. The molecule has 8 aromatic rings. The van der Waals surface area contributed by atoms with Crippen molar-refractivity contribution in [2.75, 3.05) is 45.3 Å². The Morgan fingerprint density at radius 3 is 1.20 bits per heavy atom. The van der Waals surface area contributed by atoms with Gasteiger partial charge in [-0.2, -0.15) is 0 Å². The van der Waals surface area contributed by atoms with Gasteiger partial charge >= 0.3 is 11.9 Å². The number of nitrogens with two attached hydrogens (primary N) is 1. The van der Waals surface area contributed by atoms with Gasteiger partial charge in [0.1, 0.15) is 107 Å². The number of amides is 1. The standard InChI is InChI=1S/C16H20FN3O2.C12H11BrFNO2.C11H9BrFNO2.C11H7BrFNO2.C10H22O3Si.C9H21NO2Si.C4H8O3/c1-16(2,21)15-19-13(10-22-15)11-3-4-12(17)14(9-11)20-7-5-18-6-8-20;1-12(2,16)11-15-10(6-17-11)7-3-4-9(14)8(13)5-7;2*1-6(15)11-14-10(5-16-11)7-2-3-9(13)8(12)4-7;1-8(9(11)12-5)13-14(6,7)10(2,3)4;1-7(8(10)11)12-13(5,6)9(2,3)4;1-3(5)4(6)7-2/h3-4,9-10,18,21H,5-8H2,1-2H3;3-6,16H,1-2H3;2-6,15H,1H3;2-5H,1H3;8H,1-7H3;7H,1-6H3,(H2,10,11);3,5H,1-2H3. The number of piperazine rings is 1. The van der Waals surface area contributed by atoms with E-state index in [9.17, 15) is 52.1 Å². The third kappa shape index (κ3) is 29.2. The lowest BCUT2D eigenvalue weighted by Crippen LogP contribution is -2.46. The van der Waals surface area contributed by atoms with E-state index in [0.717, 1.165) is 42.9 Å². The Morgan fingerprint density at radius 1 is 0.543 bits per heavy atom. The smallest absolute Gasteiger partial charge is 0.334 e. The Morgan fingerprint density at radius 2 is 0.895 bits per heavy atom. The number of primary amides is 1. The number of benzene rings is 4. The predicted molar refractivity (Wildman–Crippen MR) is 407 cm³/mol. The summed E-state index contributed by atoms with van der Waals surface area (Å²) in [7, 11) is -1.07. The number of aliphatic hydroxyl groups is 4. The summed E-state index contributed by atoms with van der Waals surface area (Å²) in [6.45, 7) is 38.6. The molecule has 4 atom stereocenters. The van der Waals surface area contributed by atoms with Crippen LogP contribution in [0.15, 0.2) is 129 Å². The second-order valence-corrected chi connectivity index (χ2v) is 40.1. The lowest BCUT2D eigenvalue weighted by atomic mass is 10.1. The fourth-order valence-corrected chi connectivity index (χ4v) is 11.8. The number of anilines is 1. The number of esters is 2. The maximum Gasteiger partial charge on any atom is 0.334 e. The van der Waals surface area contributed by atoms with Crippen LogP contribution < -0.4 is 16.0 Å². The highest BCUT2D eigenvalue weighted by atomic mass is 79.9. The summed E-state index contributed by atoms with van der Waals surface area (Å²) in [6.07, 6.45) is 3.05. The van der Waals surface area contributed by atoms with Crippen LogP contribution >= 0.6 is 47.8 Å². The molecule has 1 fully saturated rings. The summed E-state index contributed by atoms with van der Waals surface area (Å²) in [5, 5.41) is 40.7. The molecule has 0 radical (unpaired) electrons. The molecule has 0 saturated carbocycles. The number of ketones is 1. The molecule has 23 nitrogen and oxygen atoms in total. The molecule has 1 aliphatic heterocycles. The molecule has 0 spiro atoms. The van der Waals surface area contributed by atoms with Crippen LogP contribution in [0.25, 0.3) is 45.0 Å². The number of methoxy groups -OCH3 is 2.